The summed E-state index contributed by atoms with van der Waals surface area (Å²) in [5.74, 6) is 0.234. The van der Waals surface area contributed by atoms with Crippen LogP contribution in [0.1, 0.15) is 35.5 Å². The Labute approximate surface area is 144 Å². The number of nitrogens with one attached hydrogen (secondary N) is 1. The van der Waals surface area contributed by atoms with Crippen molar-refractivity contribution in [2.45, 2.75) is 26.4 Å². The number of halogens is 1. The molecule has 6 heteroatoms. The van der Waals surface area contributed by atoms with Crippen LogP contribution in [0.3, 0.4) is 0 Å². The van der Waals surface area contributed by atoms with Gasteiger partial charge in [-0.2, -0.15) is 0 Å². The van der Waals surface area contributed by atoms with E-state index in [9.17, 15) is 9.90 Å². The number of nitrogens with zero attached hydrogens (tertiary/aromatic N) is 1. The number of hydrogen-bond donors (Lipinski definition) is 2. The lowest BCUT2D eigenvalue weighted by Gasteiger charge is -2.16. The second-order valence-corrected chi connectivity index (χ2v) is 6.43. The molecule has 3 rings (SSSR count). The highest BCUT2D eigenvalue weighted by Crippen LogP contribution is 2.37. The molecule has 0 unspecified atom stereocenters. The predicted molar refractivity (Wildman–Crippen MR) is 93.4 cm³/mol. The molecule has 2 aromatic heterocycles. The third kappa shape index (κ3) is 2.88. The number of anilines is 1. The van der Waals surface area contributed by atoms with E-state index in [4.69, 9.17) is 16.0 Å². The number of carbonyl (C=O) groups is 1. The van der Waals surface area contributed by atoms with Crippen molar-refractivity contribution < 1.29 is 14.3 Å². The molecule has 1 amide bonds. The molecule has 0 aliphatic carbocycles. The van der Waals surface area contributed by atoms with Gasteiger partial charge in [-0.1, -0.05) is 23.7 Å². The fourth-order valence-corrected chi connectivity index (χ4v) is 3.05. The molecule has 3 aromatic rings. The molecule has 0 aliphatic heterocycles. The number of carbonyl (C=O) groups excluding carboxylic acids is 1. The Hall–Kier alpha value is -2.37. The van der Waals surface area contributed by atoms with Gasteiger partial charge in [-0.25, -0.2) is 4.98 Å². The number of para-hydroxylation sites is 1. The first kappa shape index (κ1) is 16.5. The molecule has 1 aromatic carbocycles. The van der Waals surface area contributed by atoms with E-state index in [1.807, 2.05) is 6.07 Å². The SMILES string of the molecule is Cc1oc2c(NC(=O)c3cccnc3Cl)cccc2c1C(C)(C)O. The van der Waals surface area contributed by atoms with Gasteiger partial charge in [0.2, 0.25) is 0 Å². The van der Waals surface area contributed by atoms with Crippen LogP contribution in [0.25, 0.3) is 11.0 Å². The smallest absolute Gasteiger partial charge is 0.258 e. The van der Waals surface area contributed by atoms with E-state index in [0.29, 0.717) is 22.6 Å². The van der Waals surface area contributed by atoms with Gasteiger partial charge in [-0.3, -0.25) is 4.79 Å². The van der Waals surface area contributed by atoms with E-state index < -0.39 is 5.60 Å². The number of furan rings is 1. The molecule has 0 fully saturated rings. The summed E-state index contributed by atoms with van der Waals surface area (Å²) in [5.41, 5.74) is 0.955. The highest BCUT2D eigenvalue weighted by atomic mass is 35.5. The van der Waals surface area contributed by atoms with Gasteiger partial charge >= 0.3 is 0 Å². The van der Waals surface area contributed by atoms with Crippen LogP contribution < -0.4 is 5.32 Å². The molecular formula is C18H17ClN2O3. The zero-order chi connectivity index (χ0) is 17.5. The molecule has 2 heterocycles. The van der Waals surface area contributed by atoms with Crippen LogP contribution in [0.15, 0.2) is 40.9 Å². The molecule has 5 nitrogen and oxygen atoms in total. The maximum atomic E-state index is 12.4. The zero-order valence-corrected chi connectivity index (χ0v) is 14.3. The summed E-state index contributed by atoms with van der Waals surface area (Å²) in [6.45, 7) is 5.19. The van der Waals surface area contributed by atoms with E-state index in [2.05, 4.69) is 10.3 Å². The number of pyridine rings is 1. The number of benzene rings is 1. The van der Waals surface area contributed by atoms with Gasteiger partial charge in [0.05, 0.1) is 16.9 Å². The van der Waals surface area contributed by atoms with Gasteiger partial charge in [0.25, 0.3) is 5.91 Å². The van der Waals surface area contributed by atoms with Crippen molar-refractivity contribution in [2.75, 3.05) is 5.32 Å². The van der Waals surface area contributed by atoms with E-state index in [1.165, 1.54) is 6.20 Å². The van der Waals surface area contributed by atoms with Crippen molar-refractivity contribution in [2.24, 2.45) is 0 Å². The zero-order valence-electron chi connectivity index (χ0n) is 13.6. The van der Waals surface area contributed by atoms with Crippen molar-refractivity contribution in [1.29, 1.82) is 0 Å². The monoisotopic (exact) mass is 344 g/mol. The summed E-state index contributed by atoms with van der Waals surface area (Å²) in [6, 6.07) is 8.63. The number of aromatic nitrogens is 1. The lowest BCUT2D eigenvalue weighted by atomic mass is 9.95. The molecule has 124 valence electrons. The molecule has 0 aliphatic rings. The Morgan fingerprint density at radius 2 is 2.04 bits per heavy atom. The molecule has 24 heavy (non-hydrogen) atoms. The minimum Gasteiger partial charge on any atom is -0.459 e. The predicted octanol–water partition coefficient (Wildman–Crippen LogP) is 4.27. The van der Waals surface area contributed by atoms with Crippen LogP contribution in [0, 0.1) is 6.92 Å². The summed E-state index contributed by atoms with van der Waals surface area (Å²) >= 11 is 5.96. The summed E-state index contributed by atoms with van der Waals surface area (Å²) in [4.78, 5) is 16.3. The van der Waals surface area contributed by atoms with Crippen molar-refractivity contribution in [3.63, 3.8) is 0 Å². The largest absolute Gasteiger partial charge is 0.459 e. The van der Waals surface area contributed by atoms with Gasteiger partial charge in [-0.15, -0.1) is 0 Å². The standard InChI is InChI=1S/C18H17ClN2O3/c1-10-14(18(2,3)23)11-6-4-8-13(15(11)24-10)21-17(22)12-7-5-9-20-16(12)19/h4-9,23H,1-3H3,(H,21,22). The highest BCUT2D eigenvalue weighted by molar-refractivity contribution is 6.33. The lowest BCUT2D eigenvalue weighted by molar-refractivity contribution is 0.0783. The number of aliphatic hydroxyl groups is 1. The molecule has 0 radical (unpaired) electrons. The Bertz CT molecular complexity index is 926. The summed E-state index contributed by atoms with van der Waals surface area (Å²) in [6.07, 6.45) is 1.52. The Balaban J connectivity index is 2.06. The first-order valence-corrected chi connectivity index (χ1v) is 7.83. The van der Waals surface area contributed by atoms with Gasteiger partial charge in [0, 0.05) is 17.1 Å². The summed E-state index contributed by atoms with van der Waals surface area (Å²) in [7, 11) is 0. The number of hydrogen-bond acceptors (Lipinski definition) is 4. The summed E-state index contributed by atoms with van der Waals surface area (Å²) in [5, 5.41) is 14.1. The van der Waals surface area contributed by atoms with Crippen molar-refractivity contribution in [1.82, 2.24) is 4.98 Å². The number of rotatable bonds is 3. The van der Waals surface area contributed by atoms with Crippen molar-refractivity contribution >= 4 is 34.2 Å². The van der Waals surface area contributed by atoms with Crippen LogP contribution in [-0.4, -0.2) is 16.0 Å². The minimum absolute atomic E-state index is 0.134. The Morgan fingerprint density at radius 1 is 1.29 bits per heavy atom. The third-order valence-corrected chi connectivity index (χ3v) is 4.06. The Morgan fingerprint density at radius 3 is 2.71 bits per heavy atom. The molecule has 0 saturated heterocycles. The average molecular weight is 345 g/mol. The summed E-state index contributed by atoms with van der Waals surface area (Å²) < 4.78 is 5.80. The first-order chi connectivity index (χ1) is 11.3. The number of fused-ring (bicyclic) bond motifs is 1. The Kier molecular flexibility index (Phi) is 4.07. The topological polar surface area (TPSA) is 75.4 Å². The fourth-order valence-electron chi connectivity index (χ4n) is 2.84. The maximum Gasteiger partial charge on any atom is 0.258 e. The van der Waals surface area contributed by atoms with Crippen LogP contribution in [-0.2, 0) is 5.60 Å². The minimum atomic E-state index is -1.05. The van der Waals surface area contributed by atoms with Crippen LogP contribution in [0.4, 0.5) is 5.69 Å². The van der Waals surface area contributed by atoms with Gasteiger partial charge < -0.3 is 14.8 Å². The maximum absolute atomic E-state index is 12.4. The molecule has 0 saturated carbocycles. The lowest BCUT2D eigenvalue weighted by Crippen LogP contribution is -2.16. The molecular weight excluding hydrogens is 328 g/mol. The fraction of sp³-hybridized carbons (Fsp3) is 0.222. The van der Waals surface area contributed by atoms with Crippen LogP contribution in [0.2, 0.25) is 5.15 Å². The third-order valence-electron chi connectivity index (χ3n) is 3.76. The van der Waals surface area contributed by atoms with Gasteiger partial charge in [0.1, 0.15) is 10.9 Å². The van der Waals surface area contributed by atoms with E-state index >= 15 is 0 Å². The normalized spacial score (nSPS) is 11.7. The van der Waals surface area contributed by atoms with Crippen LogP contribution >= 0.6 is 11.6 Å². The van der Waals surface area contributed by atoms with Crippen LogP contribution in [0.5, 0.6) is 0 Å². The van der Waals surface area contributed by atoms with Gasteiger partial charge in [-0.05, 0) is 39.0 Å². The van der Waals surface area contributed by atoms with E-state index in [-0.39, 0.29) is 16.6 Å². The second-order valence-electron chi connectivity index (χ2n) is 6.07. The first-order valence-electron chi connectivity index (χ1n) is 7.46. The highest BCUT2D eigenvalue weighted by Gasteiger charge is 2.26. The van der Waals surface area contributed by atoms with E-state index in [1.54, 1.807) is 45.0 Å². The molecule has 0 bridgehead atoms. The molecule has 0 spiro atoms. The quantitative estimate of drug-likeness (QED) is 0.696. The van der Waals surface area contributed by atoms with Gasteiger partial charge in [0.15, 0.2) is 5.58 Å². The number of amides is 1. The average Bonchev–Trinajstić information content (AvgIpc) is 2.84. The van der Waals surface area contributed by atoms with Crippen molar-refractivity contribution in [3.05, 3.63) is 58.6 Å². The second kappa shape index (κ2) is 5.92. The molecule has 0 atom stereocenters. The number of aryl methyl sites for hydroxylation is 1. The molecule has 2 N–H and O–H groups in total. The van der Waals surface area contributed by atoms with E-state index in [0.717, 1.165) is 5.39 Å². The van der Waals surface area contributed by atoms with Crippen molar-refractivity contribution in [3.8, 4) is 0 Å².